The molecule has 1 aliphatic heterocycles. The summed E-state index contributed by atoms with van der Waals surface area (Å²) in [4.78, 5) is 0.276. The molecule has 2 rings (SSSR count). The first-order valence-corrected chi connectivity index (χ1v) is 7.35. The Labute approximate surface area is 108 Å². The third-order valence-electron chi connectivity index (χ3n) is 2.90. The highest BCUT2D eigenvalue weighted by Crippen LogP contribution is 2.21. The number of benzene rings is 1. The molecule has 0 saturated carbocycles. The third-order valence-corrected chi connectivity index (χ3v) is 4.75. The number of morpholine rings is 1. The Hall–Kier alpha value is -1.11. The molecule has 1 aromatic carbocycles. The smallest absolute Gasteiger partial charge is 0.243 e. The van der Waals surface area contributed by atoms with Crippen LogP contribution in [0.3, 0.4) is 0 Å². The standard InChI is InChI=1S/C12H18N2O3S/c1-9-7-14(8-10(2)17-9)18(15,16)12-5-3-11(13)4-6-12/h3-6,9-10H,7-8,13H2,1-2H3/t9-,10-/m1/s1. The zero-order valence-corrected chi connectivity index (χ0v) is 11.4. The fourth-order valence-electron chi connectivity index (χ4n) is 2.12. The first-order chi connectivity index (χ1) is 8.39. The predicted octanol–water partition coefficient (Wildman–Crippen LogP) is 1.07. The van der Waals surface area contributed by atoms with Crippen LogP contribution < -0.4 is 5.73 Å². The highest BCUT2D eigenvalue weighted by molar-refractivity contribution is 7.89. The molecular weight excluding hydrogens is 252 g/mol. The van der Waals surface area contributed by atoms with Gasteiger partial charge in [0.2, 0.25) is 10.0 Å². The molecule has 1 fully saturated rings. The SMILES string of the molecule is C[C@@H]1CN(S(=O)(=O)c2ccc(N)cc2)C[C@@H](C)O1. The number of nitrogens with zero attached hydrogens (tertiary/aromatic N) is 1. The molecule has 6 heteroatoms. The van der Waals surface area contributed by atoms with Gasteiger partial charge in [-0.2, -0.15) is 4.31 Å². The van der Waals surface area contributed by atoms with Gasteiger partial charge in [0.15, 0.2) is 0 Å². The van der Waals surface area contributed by atoms with Crippen LogP contribution in [0, 0.1) is 0 Å². The van der Waals surface area contributed by atoms with Crippen LogP contribution in [0.2, 0.25) is 0 Å². The maximum absolute atomic E-state index is 12.4. The predicted molar refractivity (Wildman–Crippen MR) is 69.6 cm³/mol. The number of nitrogens with two attached hydrogens (primary N) is 1. The Morgan fingerprint density at radius 2 is 1.67 bits per heavy atom. The summed E-state index contributed by atoms with van der Waals surface area (Å²) in [6.07, 6.45) is -0.172. The summed E-state index contributed by atoms with van der Waals surface area (Å²) in [5, 5.41) is 0. The molecule has 0 spiro atoms. The molecule has 1 saturated heterocycles. The fourth-order valence-corrected chi connectivity index (χ4v) is 3.71. The van der Waals surface area contributed by atoms with Crippen LogP contribution in [0.15, 0.2) is 29.2 Å². The molecule has 0 unspecified atom stereocenters. The van der Waals surface area contributed by atoms with Crippen molar-refractivity contribution in [1.82, 2.24) is 4.31 Å². The second kappa shape index (κ2) is 4.87. The summed E-state index contributed by atoms with van der Waals surface area (Å²) in [7, 11) is -3.45. The Morgan fingerprint density at radius 3 is 2.17 bits per heavy atom. The number of ether oxygens (including phenoxy) is 1. The van der Waals surface area contributed by atoms with Crippen LogP contribution in [0.4, 0.5) is 5.69 Å². The third kappa shape index (κ3) is 2.66. The van der Waals surface area contributed by atoms with Crippen molar-refractivity contribution >= 4 is 15.7 Å². The molecule has 0 aromatic heterocycles. The van der Waals surface area contributed by atoms with Gasteiger partial charge >= 0.3 is 0 Å². The second-order valence-electron chi connectivity index (χ2n) is 4.65. The van der Waals surface area contributed by atoms with E-state index in [4.69, 9.17) is 10.5 Å². The van der Waals surface area contributed by atoms with Gasteiger partial charge in [-0.1, -0.05) is 0 Å². The minimum absolute atomic E-state index is 0.0858. The van der Waals surface area contributed by atoms with Gasteiger partial charge in [-0.05, 0) is 38.1 Å². The number of nitrogen functional groups attached to an aromatic ring is 1. The first-order valence-electron chi connectivity index (χ1n) is 5.91. The van der Waals surface area contributed by atoms with E-state index in [1.807, 2.05) is 13.8 Å². The van der Waals surface area contributed by atoms with E-state index in [9.17, 15) is 8.42 Å². The molecule has 1 heterocycles. The number of anilines is 1. The Balaban J connectivity index is 2.28. The van der Waals surface area contributed by atoms with E-state index in [-0.39, 0.29) is 17.1 Å². The van der Waals surface area contributed by atoms with Gasteiger partial charge in [0.25, 0.3) is 0 Å². The zero-order chi connectivity index (χ0) is 13.3. The van der Waals surface area contributed by atoms with Gasteiger partial charge in [0.1, 0.15) is 0 Å². The molecule has 1 aliphatic rings. The van der Waals surface area contributed by atoms with E-state index in [1.165, 1.54) is 16.4 Å². The lowest BCUT2D eigenvalue weighted by Crippen LogP contribution is -2.48. The highest BCUT2D eigenvalue weighted by Gasteiger charge is 2.31. The number of hydrogen-bond acceptors (Lipinski definition) is 4. The van der Waals surface area contributed by atoms with Crippen LogP contribution in [0.1, 0.15) is 13.8 Å². The number of rotatable bonds is 2. The van der Waals surface area contributed by atoms with Crippen LogP contribution in [0.5, 0.6) is 0 Å². The normalized spacial score (nSPS) is 26.1. The molecule has 18 heavy (non-hydrogen) atoms. The van der Waals surface area contributed by atoms with Crippen molar-refractivity contribution in [3.8, 4) is 0 Å². The Kier molecular flexibility index (Phi) is 3.61. The summed E-state index contributed by atoms with van der Waals surface area (Å²) in [5.41, 5.74) is 6.12. The number of hydrogen-bond donors (Lipinski definition) is 1. The summed E-state index contributed by atoms with van der Waals surface area (Å²) in [6, 6.07) is 6.27. The largest absolute Gasteiger partial charge is 0.399 e. The molecular formula is C12H18N2O3S. The highest BCUT2D eigenvalue weighted by atomic mass is 32.2. The molecule has 0 bridgehead atoms. The monoisotopic (exact) mass is 270 g/mol. The summed E-state index contributed by atoms with van der Waals surface area (Å²) < 4.78 is 31.8. The Morgan fingerprint density at radius 1 is 1.17 bits per heavy atom. The van der Waals surface area contributed by atoms with Crippen molar-refractivity contribution in [2.45, 2.75) is 31.0 Å². The van der Waals surface area contributed by atoms with Crippen molar-refractivity contribution < 1.29 is 13.2 Å². The lowest BCUT2D eigenvalue weighted by atomic mass is 10.3. The van der Waals surface area contributed by atoms with Gasteiger partial charge in [-0.25, -0.2) is 8.42 Å². The van der Waals surface area contributed by atoms with Gasteiger partial charge in [-0.3, -0.25) is 0 Å². The van der Waals surface area contributed by atoms with Crippen LogP contribution in [0.25, 0.3) is 0 Å². The van der Waals surface area contributed by atoms with Crippen molar-refractivity contribution in [2.24, 2.45) is 0 Å². The van der Waals surface area contributed by atoms with Crippen molar-refractivity contribution in [3.05, 3.63) is 24.3 Å². The summed E-state index contributed by atoms with van der Waals surface area (Å²) in [5.74, 6) is 0. The average molecular weight is 270 g/mol. The molecule has 100 valence electrons. The molecule has 0 amide bonds. The minimum Gasteiger partial charge on any atom is -0.399 e. The maximum Gasteiger partial charge on any atom is 0.243 e. The molecule has 0 aliphatic carbocycles. The molecule has 2 atom stereocenters. The topological polar surface area (TPSA) is 72.6 Å². The summed E-state index contributed by atoms with van der Waals surface area (Å²) >= 11 is 0. The first kappa shape index (κ1) is 13.3. The van der Waals surface area contributed by atoms with E-state index < -0.39 is 10.0 Å². The van der Waals surface area contributed by atoms with E-state index in [1.54, 1.807) is 12.1 Å². The zero-order valence-electron chi connectivity index (χ0n) is 10.5. The molecule has 0 radical (unpaired) electrons. The van der Waals surface area contributed by atoms with Gasteiger partial charge in [0, 0.05) is 18.8 Å². The van der Waals surface area contributed by atoms with Gasteiger partial charge < -0.3 is 10.5 Å². The van der Waals surface area contributed by atoms with Crippen molar-refractivity contribution in [1.29, 1.82) is 0 Å². The van der Waals surface area contributed by atoms with E-state index in [2.05, 4.69) is 0 Å². The molecule has 1 aromatic rings. The molecule has 5 nitrogen and oxygen atoms in total. The van der Waals surface area contributed by atoms with E-state index in [0.717, 1.165) is 0 Å². The van der Waals surface area contributed by atoms with Crippen LogP contribution >= 0.6 is 0 Å². The van der Waals surface area contributed by atoms with Gasteiger partial charge in [-0.15, -0.1) is 0 Å². The van der Waals surface area contributed by atoms with Gasteiger partial charge in [0.05, 0.1) is 17.1 Å². The average Bonchev–Trinajstić information content (AvgIpc) is 2.28. The fraction of sp³-hybridized carbons (Fsp3) is 0.500. The van der Waals surface area contributed by atoms with Crippen LogP contribution in [-0.2, 0) is 14.8 Å². The Bertz CT molecular complexity index is 503. The van der Waals surface area contributed by atoms with Crippen molar-refractivity contribution in [2.75, 3.05) is 18.8 Å². The lowest BCUT2D eigenvalue weighted by Gasteiger charge is -2.34. The van der Waals surface area contributed by atoms with Crippen LogP contribution in [-0.4, -0.2) is 38.0 Å². The number of sulfonamides is 1. The maximum atomic E-state index is 12.4. The van der Waals surface area contributed by atoms with Crippen molar-refractivity contribution in [3.63, 3.8) is 0 Å². The van der Waals surface area contributed by atoms with E-state index >= 15 is 0 Å². The minimum atomic E-state index is -3.45. The lowest BCUT2D eigenvalue weighted by molar-refractivity contribution is -0.0440. The second-order valence-corrected chi connectivity index (χ2v) is 6.59. The summed E-state index contributed by atoms with van der Waals surface area (Å²) in [6.45, 7) is 4.52. The molecule has 2 N–H and O–H groups in total. The van der Waals surface area contributed by atoms with E-state index in [0.29, 0.717) is 18.8 Å². The quantitative estimate of drug-likeness (QED) is 0.816.